The number of carboxylic acid groups (broad SMARTS) is 1. The number of fused-ring (bicyclic) bond motifs is 1. The Bertz CT molecular complexity index is 1100. The Balaban J connectivity index is 1.65. The molecule has 2 aromatic carbocycles. The lowest BCUT2D eigenvalue weighted by molar-refractivity contribution is -0.151. The molecule has 0 saturated carbocycles. The fourth-order valence-corrected chi connectivity index (χ4v) is 4.28. The Hall–Kier alpha value is -2.93. The van der Waals surface area contributed by atoms with E-state index in [1.54, 1.807) is 37.7 Å². The van der Waals surface area contributed by atoms with Crippen LogP contribution >= 0.6 is 11.8 Å². The van der Waals surface area contributed by atoms with Crippen LogP contribution in [0.2, 0.25) is 0 Å². The number of carboxylic acids is 1. The summed E-state index contributed by atoms with van der Waals surface area (Å²) in [5.74, 6) is -0.977. The highest BCUT2D eigenvalue weighted by molar-refractivity contribution is 7.98. The quantitative estimate of drug-likeness (QED) is 0.406. The SMILES string of the molecule is CCC(CC)(CC(=O)Nc1cccc(SCc2ccc3ccc(F)cc3n2)c1)C(=O)O. The fraction of sp³-hybridized carbons (Fsp3) is 0.292. The average molecular weight is 441 g/mol. The molecule has 0 bridgehead atoms. The van der Waals surface area contributed by atoms with Crippen LogP contribution in [0.15, 0.2) is 59.5 Å². The van der Waals surface area contributed by atoms with E-state index in [9.17, 15) is 19.1 Å². The van der Waals surface area contributed by atoms with Crippen molar-refractivity contribution in [2.75, 3.05) is 5.32 Å². The van der Waals surface area contributed by atoms with E-state index in [1.807, 2.05) is 30.3 Å². The molecule has 162 valence electrons. The second-order valence-corrected chi connectivity index (χ2v) is 8.52. The molecule has 0 aliphatic heterocycles. The summed E-state index contributed by atoms with van der Waals surface area (Å²) >= 11 is 1.55. The number of hydrogen-bond acceptors (Lipinski definition) is 4. The Morgan fingerprint density at radius 1 is 1.10 bits per heavy atom. The molecule has 0 aliphatic carbocycles. The third kappa shape index (κ3) is 5.61. The molecule has 0 fully saturated rings. The van der Waals surface area contributed by atoms with E-state index >= 15 is 0 Å². The highest BCUT2D eigenvalue weighted by Gasteiger charge is 2.37. The van der Waals surface area contributed by atoms with Gasteiger partial charge in [0.2, 0.25) is 5.91 Å². The van der Waals surface area contributed by atoms with Crippen molar-refractivity contribution in [1.29, 1.82) is 0 Å². The van der Waals surface area contributed by atoms with Gasteiger partial charge in [-0.15, -0.1) is 11.8 Å². The van der Waals surface area contributed by atoms with Gasteiger partial charge in [-0.3, -0.25) is 14.6 Å². The molecule has 0 saturated heterocycles. The summed E-state index contributed by atoms with van der Waals surface area (Å²) in [7, 11) is 0. The topological polar surface area (TPSA) is 79.3 Å². The number of rotatable bonds is 9. The van der Waals surface area contributed by atoms with Crippen molar-refractivity contribution < 1.29 is 19.1 Å². The van der Waals surface area contributed by atoms with E-state index in [1.165, 1.54) is 12.1 Å². The minimum atomic E-state index is -1.04. The zero-order chi connectivity index (χ0) is 22.4. The van der Waals surface area contributed by atoms with Crippen molar-refractivity contribution in [2.45, 2.75) is 43.8 Å². The van der Waals surface area contributed by atoms with E-state index in [2.05, 4.69) is 10.3 Å². The lowest BCUT2D eigenvalue weighted by atomic mass is 9.79. The molecule has 1 aromatic heterocycles. The van der Waals surface area contributed by atoms with Crippen LogP contribution in [0.1, 0.15) is 38.8 Å². The second-order valence-electron chi connectivity index (χ2n) is 7.47. The smallest absolute Gasteiger partial charge is 0.310 e. The monoisotopic (exact) mass is 440 g/mol. The molecular weight excluding hydrogens is 415 g/mol. The Morgan fingerprint density at radius 2 is 1.84 bits per heavy atom. The fourth-order valence-electron chi connectivity index (χ4n) is 3.42. The molecule has 0 atom stereocenters. The number of nitrogens with one attached hydrogen (secondary N) is 1. The minimum Gasteiger partial charge on any atom is -0.481 e. The maximum atomic E-state index is 13.4. The zero-order valence-corrected chi connectivity index (χ0v) is 18.3. The third-order valence-corrected chi connectivity index (χ3v) is 6.55. The molecule has 3 aromatic rings. The van der Waals surface area contributed by atoms with Crippen LogP contribution in [0.25, 0.3) is 10.9 Å². The molecule has 0 unspecified atom stereocenters. The molecular formula is C24H25FN2O3S. The zero-order valence-electron chi connectivity index (χ0n) is 17.5. The average Bonchev–Trinajstić information content (AvgIpc) is 2.75. The number of benzene rings is 2. The maximum Gasteiger partial charge on any atom is 0.310 e. The molecule has 0 spiro atoms. The number of thioether (sulfide) groups is 1. The van der Waals surface area contributed by atoms with Gasteiger partial charge >= 0.3 is 5.97 Å². The van der Waals surface area contributed by atoms with Crippen LogP contribution in [0.4, 0.5) is 10.1 Å². The van der Waals surface area contributed by atoms with Gasteiger partial charge in [-0.05, 0) is 49.2 Å². The number of amides is 1. The molecule has 5 nitrogen and oxygen atoms in total. The summed E-state index contributed by atoms with van der Waals surface area (Å²) in [6.07, 6.45) is 0.722. The van der Waals surface area contributed by atoms with Gasteiger partial charge in [-0.25, -0.2) is 4.39 Å². The molecule has 1 heterocycles. The highest BCUT2D eigenvalue weighted by Crippen LogP contribution is 2.32. The first kappa shape index (κ1) is 22.7. The van der Waals surface area contributed by atoms with Crippen LogP contribution < -0.4 is 5.32 Å². The second kappa shape index (κ2) is 9.92. The van der Waals surface area contributed by atoms with E-state index in [0.29, 0.717) is 29.8 Å². The lowest BCUT2D eigenvalue weighted by Crippen LogP contribution is -2.34. The van der Waals surface area contributed by atoms with Crippen LogP contribution in [0.5, 0.6) is 0 Å². The molecule has 31 heavy (non-hydrogen) atoms. The number of halogens is 1. The number of aliphatic carboxylic acids is 1. The molecule has 2 N–H and O–H groups in total. The lowest BCUT2D eigenvalue weighted by Gasteiger charge is -2.25. The molecule has 0 radical (unpaired) electrons. The van der Waals surface area contributed by atoms with E-state index in [0.717, 1.165) is 16.0 Å². The van der Waals surface area contributed by atoms with Crippen molar-refractivity contribution in [3.8, 4) is 0 Å². The van der Waals surface area contributed by atoms with Crippen molar-refractivity contribution in [3.63, 3.8) is 0 Å². The number of carbonyl (C=O) groups excluding carboxylic acids is 1. The number of pyridine rings is 1. The van der Waals surface area contributed by atoms with Crippen LogP contribution in [0.3, 0.4) is 0 Å². The van der Waals surface area contributed by atoms with Crippen LogP contribution in [0, 0.1) is 11.2 Å². The first-order valence-electron chi connectivity index (χ1n) is 10.2. The van der Waals surface area contributed by atoms with Gasteiger partial charge in [0.25, 0.3) is 0 Å². The molecule has 3 rings (SSSR count). The normalized spacial score (nSPS) is 11.5. The van der Waals surface area contributed by atoms with E-state index in [4.69, 9.17) is 0 Å². The predicted molar refractivity (Wildman–Crippen MR) is 122 cm³/mol. The third-order valence-electron chi connectivity index (χ3n) is 5.52. The predicted octanol–water partition coefficient (Wildman–Crippen LogP) is 5.89. The number of aromatic nitrogens is 1. The first-order valence-corrected chi connectivity index (χ1v) is 11.1. The molecule has 0 aliphatic rings. The largest absolute Gasteiger partial charge is 0.481 e. The number of nitrogens with zero attached hydrogens (tertiary/aromatic N) is 1. The van der Waals surface area contributed by atoms with E-state index in [-0.39, 0.29) is 18.1 Å². The summed E-state index contributed by atoms with van der Waals surface area (Å²) in [6.45, 7) is 3.58. The summed E-state index contributed by atoms with van der Waals surface area (Å²) in [4.78, 5) is 29.6. The number of carbonyl (C=O) groups is 2. The summed E-state index contributed by atoms with van der Waals surface area (Å²) in [6, 6.07) is 15.8. The van der Waals surface area contributed by atoms with Gasteiger partial charge in [0.15, 0.2) is 0 Å². The summed E-state index contributed by atoms with van der Waals surface area (Å²) in [5.41, 5.74) is 1.02. The van der Waals surface area contributed by atoms with Gasteiger partial charge in [-0.2, -0.15) is 0 Å². The Kier molecular flexibility index (Phi) is 7.28. The molecule has 1 amide bonds. The van der Waals surface area contributed by atoms with Crippen molar-refractivity contribution in [3.05, 3.63) is 66.1 Å². The van der Waals surface area contributed by atoms with Crippen LogP contribution in [-0.2, 0) is 15.3 Å². The van der Waals surface area contributed by atoms with Gasteiger partial charge < -0.3 is 10.4 Å². The Labute approximate surface area is 185 Å². The van der Waals surface area contributed by atoms with Gasteiger partial charge in [0.05, 0.1) is 16.6 Å². The summed E-state index contributed by atoms with van der Waals surface area (Å²) < 4.78 is 13.4. The van der Waals surface area contributed by atoms with Crippen molar-refractivity contribution in [1.82, 2.24) is 4.98 Å². The van der Waals surface area contributed by atoms with Crippen molar-refractivity contribution in [2.24, 2.45) is 5.41 Å². The standard InChI is InChI=1S/C24H25FN2O3S/c1-3-24(4-2,23(29)30)14-22(28)27-18-6-5-7-20(13-18)31-15-19-11-9-16-8-10-17(25)12-21(16)26-19/h5-13H,3-4,14-15H2,1-2H3,(H,27,28)(H,29,30). The molecule has 7 heteroatoms. The van der Waals surface area contributed by atoms with E-state index < -0.39 is 11.4 Å². The minimum absolute atomic E-state index is 0.0652. The Morgan fingerprint density at radius 3 is 2.55 bits per heavy atom. The summed E-state index contributed by atoms with van der Waals surface area (Å²) in [5, 5.41) is 13.2. The number of hydrogen-bond donors (Lipinski definition) is 2. The first-order chi connectivity index (χ1) is 14.8. The van der Waals surface area contributed by atoms with Gasteiger partial charge in [-0.1, -0.05) is 26.0 Å². The highest BCUT2D eigenvalue weighted by atomic mass is 32.2. The maximum absolute atomic E-state index is 13.4. The van der Waals surface area contributed by atoms with Gasteiger partial charge in [0, 0.05) is 34.2 Å². The van der Waals surface area contributed by atoms with Crippen LogP contribution in [-0.4, -0.2) is 22.0 Å². The van der Waals surface area contributed by atoms with Crippen molar-refractivity contribution >= 4 is 40.2 Å². The van der Waals surface area contributed by atoms with Gasteiger partial charge in [0.1, 0.15) is 5.82 Å². The number of anilines is 1.